The Hall–Kier alpha value is -0.193. The first-order valence-electron chi connectivity index (χ1n) is 5.99. The molecular formula is C13H22BrNOSi. The van der Waals surface area contributed by atoms with Crippen LogP contribution in [0.5, 0.6) is 0 Å². The molecule has 0 N–H and O–H groups in total. The van der Waals surface area contributed by atoms with Gasteiger partial charge in [-0.2, -0.15) is 0 Å². The Bertz CT molecular complexity index is 357. The summed E-state index contributed by atoms with van der Waals surface area (Å²) in [5, 5.41) is 0. The van der Waals surface area contributed by atoms with E-state index in [-0.39, 0.29) is 5.60 Å². The van der Waals surface area contributed by atoms with Crippen molar-refractivity contribution in [2.24, 2.45) is 0 Å². The van der Waals surface area contributed by atoms with E-state index in [2.05, 4.69) is 60.5 Å². The molecule has 1 aromatic heterocycles. The first kappa shape index (κ1) is 14.9. The summed E-state index contributed by atoms with van der Waals surface area (Å²) in [7, 11) is -1.47. The highest BCUT2D eigenvalue weighted by Crippen LogP contribution is 2.22. The van der Waals surface area contributed by atoms with Crippen molar-refractivity contribution in [3.05, 3.63) is 28.5 Å². The van der Waals surface area contributed by atoms with Gasteiger partial charge < -0.3 is 4.43 Å². The van der Waals surface area contributed by atoms with Crippen LogP contribution in [-0.2, 0) is 10.8 Å². The number of rotatable bonds is 5. The minimum atomic E-state index is -1.47. The van der Waals surface area contributed by atoms with Gasteiger partial charge in [0.05, 0.1) is 5.60 Å². The van der Waals surface area contributed by atoms with E-state index >= 15 is 0 Å². The average Bonchev–Trinajstić information content (AvgIpc) is 2.13. The molecular weight excluding hydrogens is 294 g/mol. The summed E-state index contributed by atoms with van der Waals surface area (Å²) in [5.41, 5.74) is 1.07. The summed E-state index contributed by atoms with van der Waals surface area (Å²) in [4.78, 5) is 4.39. The van der Waals surface area contributed by atoms with Gasteiger partial charge in [0.2, 0.25) is 0 Å². The molecule has 0 unspecified atom stereocenters. The van der Waals surface area contributed by atoms with Gasteiger partial charge in [-0.15, -0.1) is 0 Å². The van der Waals surface area contributed by atoms with Crippen molar-refractivity contribution < 1.29 is 4.43 Å². The summed E-state index contributed by atoms with van der Waals surface area (Å²) < 4.78 is 7.20. The third-order valence-electron chi connectivity index (χ3n) is 2.35. The maximum Gasteiger partial charge on any atom is 0.184 e. The molecule has 0 radical (unpaired) electrons. The lowest BCUT2D eigenvalue weighted by atomic mass is 10.0. The second-order valence-electron chi connectivity index (χ2n) is 5.94. The Balaban J connectivity index is 2.52. The Labute approximate surface area is 114 Å². The Kier molecular flexibility index (Phi) is 4.92. The van der Waals surface area contributed by atoms with Gasteiger partial charge in [0, 0.05) is 16.4 Å². The smallest absolute Gasteiger partial charge is 0.184 e. The van der Waals surface area contributed by atoms with Crippen LogP contribution in [-0.4, -0.2) is 18.9 Å². The third kappa shape index (κ3) is 6.34. The molecule has 0 saturated heterocycles. The zero-order valence-electron chi connectivity index (χ0n) is 11.4. The van der Waals surface area contributed by atoms with E-state index in [1.165, 1.54) is 0 Å². The first-order chi connectivity index (χ1) is 7.68. The van der Waals surface area contributed by atoms with Crippen LogP contribution in [0.3, 0.4) is 0 Å². The van der Waals surface area contributed by atoms with Crippen LogP contribution < -0.4 is 0 Å². The topological polar surface area (TPSA) is 22.1 Å². The lowest BCUT2D eigenvalue weighted by Crippen LogP contribution is -2.38. The fourth-order valence-corrected chi connectivity index (χ4v) is 3.86. The Morgan fingerprint density at radius 2 is 1.94 bits per heavy atom. The summed E-state index contributed by atoms with van der Waals surface area (Å²) in [6, 6.07) is 4.10. The predicted molar refractivity (Wildman–Crippen MR) is 78.8 cm³/mol. The molecule has 17 heavy (non-hydrogen) atoms. The van der Waals surface area contributed by atoms with Gasteiger partial charge in [-0.1, -0.05) is 0 Å². The molecule has 0 atom stereocenters. The van der Waals surface area contributed by atoms with Crippen LogP contribution in [0.1, 0.15) is 26.0 Å². The zero-order valence-corrected chi connectivity index (χ0v) is 14.0. The summed E-state index contributed by atoms with van der Waals surface area (Å²) in [6.45, 7) is 11.0. The lowest BCUT2D eigenvalue weighted by molar-refractivity contribution is 0.0913. The highest BCUT2D eigenvalue weighted by atomic mass is 79.9. The van der Waals surface area contributed by atoms with E-state index < -0.39 is 8.32 Å². The number of hydrogen-bond donors (Lipinski definition) is 0. The summed E-state index contributed by atoms with van der Waals surface area (Å²) in [5.74, 6) is 0. The number of hydrogen-bond acceptors (Lipinski definition) is 2. The molecule has 1 rings (SSSR count). The van der Waals surface area contributed by atoms with Crippen molar-refractivity contribution in [2.45, 2.75) is 51.9 Å². The van der Waals surface area contributed by atoms with Crippen LogP contribution in [0.15, 0.2) is 22.8 Å². The van der Waals surface area contributed by atoms with Crippen molar-refractivity contribution in [1.82, 2.24) is 4.98 Å². The van der Waals surface area contributed by atoms with Crippen LogP contribution in [0.2, 0.25) is 19.6 Å². The number of nitrogens with zero attached hydrogens (tertiary/aromatic N) is 1. The minimum absolute atomic E-state index is 0.0563. The largest absolute Gasteiger partial charge is 0.413 e. The maximum absolute atomic E-state index is 6.17. The molecule has 0 bridgehead atoms. The molecule has 0 amide bonds. The van der Waals surface area contributed by atoms with Crippen LogP contribution >= 0.6 is 15.9 Å². The second-order valence-corrected chi connectivity index (χ2v) is 11.3. The molecule has 0 fully saturated rings. The van der Waals surface area contributed by atoms with Gasteiger partial charge >= 0.3 is 0 Å². The highest BCUT2D eigenvalue weighted by Gasteiger charge is 2.26. The molecule has 1 aromatic rings. The summed E-state index contributed by atoms with van der Waals surface area (Å²) >= 11 is 3.39. The van der Waals surface area contributed by atoms with Gasteiger partial charge in [-0.05, 0) is 74.4 Å². The van der Waals surface area contributed by atoms with E-state index in [9.17, 15) is 0 Å². The normalized spacial score (nSPS) is 12.8. The SMILES string of the molecule is CC(C)(CCc1ccc(Br)cn1)O[Si](C)(C)C. The van der Waals surface area contributed by atoms with Gasteiger partial charge in [0.15, 0.2) is 8.32 Å². The molecule has 4 heteroatoms. The van der Waals surface area contributed by atoms with Crippen molar-refractivity contribution in [2.75, 3.05) is 0 Å². The number of halogens is 1. The number of aromatic nitrogens is 1. The van der Waals surface area contributed by atoms with E-state index in [0.717, 1.165) is 23.0 Å². The standard InChI is InChI=1S/C13H22BrNOSi/c1-13(2,16-17(3,4)5)9-8-12-7-6-11(14)10-15-12/h6-7,10H,8-9H2,1-5H3. The quantitative estimate of drug-likeness (QED) is 0.751. The van der Waals surface area contributed by atoms with Crippen LogP contribution in [0.4, 0.5) is 0 Å². The second kappa shape index (κ2) is 5.63. The van der Waals surface area contributed by atoms with Crippen molar-refractivity contribution in [3.8, 4) is 0 Å². The predicted octanol–water partition coefficient (Wildman–Crippen LogP) is 4.41. The van der Waals surface area contributed by atoms with E-state index in [1.807, 2.05) is 12.3 Å². The van der Waals surface area contributed by atoms with E-state index in [4.69, 9.17) is 4.43 Å². The molecule has 96 valence electrons. The van der Waals surface area contributed by atoms with Crippen molar-refractivity contribution in [3.63, 3.8) is 0 Å². The average molecular weight is 316 g/mol. The molecule has 0 aromatic carbocycles. The molecule has 2 nitrogen and oxygen atoms in total. The Morgan fingerprint density at radius 1 is 1.29 bits per heavy atom. The third-order valence-corrected chi connectivity index (χ3v) is 3.99. The number of pyridine rings is 1. The Morgan fingerprint density at radius 3 is 2.41 bits per heavy atom. The fourth-order valence-electron chi connectivity index (χ4n) is 1.86. The molecule has 0 aliphatic carbocycles. The fraction of sp³-hybridized carbons (Fsp3) is 0.615. The molecule has 0 saturated carbocycles. The summed E-state index contributed by atoms with van der Waals surface area (Å²) in [6.07, 6.45) is 3.82. The molecule has 0 aliphatic rings. The monoisotopic (exact) mass is 315 g/mol. The van der Waals surface area contributed by atoms with Gasteiger partial charge in [0.25, 0.3) is 0 Å². The van der Waals surface area contributed by atoms with Crippen molar-refractivity contribution in [1.29, 1.82) is 0 Å². The highest BCUT2D eigenvalue weighted by molar-refractivity contribution is 9.10. The van der Waals surface area contributed by atoms with E-state index in [0.29, 0.717) is 0 Å². The first-order valence-corrected chi connectivity index (χ1v) is 10.2. The van der Waals surface area contributed by atoms with Crippen LogP contribution in [0.25, 0.3) is 0 Å². The maximum atomic E-state index is 6.17. The van der Waals surface area contributed by atoms with Crippen molar-refractivity contribution >= 4 is 24.2 Å². The van der Waals surface area contributed by atoms with Gasteiger partial charge in [-0.3, -0.25) is 4.98 Å². The zero-order chi connectivity index (χ0) is 13.1. The molecule has 0 aliphatic heterocycles. The van der Waals surface area contributed by atoms with Crippen LogP contribution in [0, 0.1) is 0 Å². The number of aryl methyl sites for hydroxylation is 1. The van der Waals surface area contributed by atoms with Gasteiger partial charge in [0.1, 0.15) is 0 Å². The van der Waals surface area contributed by atoms with E-state index in [1.54, 1.807) is 0 Å². The molecule has 0 spiro atoms. The minimum Gasteiger partial charge on any atom is -0.413 e. The molecule has 1 heterocycles. The van der Waals surface area contributed by atoms with Gasteiger partial charge in [-0.25, -0.2) is 0 Å². The lowest BCUT2D eigenvalue weighted by Gasteiger charge is -2.33.